The monoisotopic (exact) mass is 251 g/mol. The van der Waals surface area contributed by atoms with Crippen molar-refractivity contribution in [2.24, 2.45) is 0 Å². The van der Waals surface area contributed by atoms with Gasteiger partial charge in [0.2, 0.25) is 0 Å². The average Bonchev–Trinajstić information content (AvgIpc) is 2.37. The molecule has 1 amide bonds. The van der Waals surface area contributed by atoms with Gasteiger partial charge < -0.3 is 14.8 Å². The van der Waals surface area contributed by atoms with Gasteiger partial charge in [-0.1, -0.05) is 12.1 Å². The minimum Gasteiger partial charge on any atom is -0.465 e. The van der Waals surface area contributed by atoms with E-state index in [1.54, 1.807) is 32.2 Å². The van der Waals surface area contributed by atoms with E-state index in [-0.39, 0.29) is 12.5 Å². The zero-order chi connectivity index (χ0) is 13.4. The Morgan fingerprint density at radius 1 is 1.33 bits per heavy atom. The Hall–Kier alpha value is -1.88. The highest BCUT2D eigenvalue weighted by Crippen LogP contribution is 2.06. The number of carbonyl (C=O) groups is 2. The summed E-state index contributed by atoms with van der Waals surface area (Å²) in [7, 11) is 1.59. The van der Waals surface area contributed by atoms with Crippen LogP contribution in [0.3, 0.4) is 0 Å². The van der Waals surface area contributed by atoms with Gasteiger partial charge in [0.25, 0.3) is 5.91 Å². The Labute approximate surface area is 106 Å². The highest BCUT2D eigenvalue weighted by molar-refractivity contribution is 5.96. The molecular weight excluding hydrogens is 234 g/mol. The molecular formula is C13H17NO4. The molecule has 1 N–H and O–H groups in total. The maximum atomic E-state index is 11.8. The molecule has 0 atom stereocenters. The van der Waals surface area contributed by atoms with Crippen LogP contribution in [-0.2, 0) is 20.9 Å². The minimum atomic E-state index is -0.445. The predicted molar refractivity (Wildman–Crippen MR) is 66.1 cm³/mol. The van der Waals surface area contributed by atoms with Crippen molar-refractivity contribution in [3.63, 3.8) is 0 Å². The van der Waals surface area contributed by atoms with Gasteiger partial charge in [0.05, 0.1) is 13.2 Å². The van der Waals surface area contributed by atoms with Crippen LogP contribution in [-0.4, -0.2) is 32.1 Å². The van der Waals surface area contributed by atoms with Crippen molar-refractivity contribution < 1.29 is 19.1 Å². The molecule has 0 spiro atoms. The molecule has 0 unspecified atom stereocenters. The fourth-order valence-electron chi connectivity index (χ4n) is 1.44. The van der Waals surface area contributed by atoms with Crippen molar-refractivity contribution in [3.8, 4) is 0 Å². The lowest BCUT2D eigenvalue weighted by Crippen LogP contribution is -2.30. The van der Waals surface area contributed by atoms with Crippen LogP contribution in [0.5, 0.6) is 0 Å². The van der Waals surface area contributed by atoms with Gasteiger partial charge in [0, 0.05) is 12.7 Å². The van der Waals surface area contributed by atoms with E-state index in [1.165, 1.54) is 0 Å². The smallest absolute Gasteiger partial charge is 0.325 e. The molecule has 0 saturated heterocycles. The van der Waals surface area contributed by atoms with Crippen LogP contribution in [0.15, 0.2) is 24.3 Å². The van der Waals surface area contributed by atoms with Crippen LogP contribution in [0.1, 0.15) is 22.8 Å². The van der Waals surface area contributed by atoms with Gasteiger partial charge in [-0.25, -0.2) is 0 Å². The first-order valence-corrected chi connectivity index (χ1v) is 5.69. The second kappa shape index (κ2) is 7.45. The number of nitrogens with one attached hydrogen (secondary N) is 1. The summed E-state index contributed by atoms with van der Waals surface area (Å²) in [5, 5.41) is 2.50. The zero-order valence-corrected chi connectivity index (χ0v) is 10.6. The van der Waals surface area contributed by atoms with Gasteiger partial charge in [0.15, 0.2) is 0 Å². The number of methoxy groups -OCH3 is 1. The lowest BCUT2D eigenvalue weighted by Gasteiger charge is -2.06. The van der Waals surface area contributed by atoms with Crippen LogP contribution in [0.2, 0.25) is 0 Å². The number of rotatable bonds is 6. The van der Waals surface area contributed by atoms with Gasteiger partial charge in [-0.05, 0) is 24.6 Å². The van der Waals surface area contributed by atoms with Crippen LogP contribution < -0.4 is 5.32 Å². The molecule has 0 aliphatic carbocycles. The van der Waals surface area contributed by atoms with Gasteiger partial charge in [-0.2, -0.15) is 0 Å². The first-order chi connectivity index (χ1) is 8.67. The van der Waals surface area contributed by atoms with E-state index in [2.05, 4.69) is 5.32 Å². The van der Waals surface area contributed by atoms with E-state index in [0.29, 0.717) is 18.8 Å². The number of carbonyl (C=O) groups excluding carboxylic acids is 2. The fraction of sp³-hybridized carbons (Fsp3) is 0.385. The largest absolute Gasteiger partial charge is 0.465 e. The number of benzene rings is 1. The number of esters is 1. The molecule has 0 aromatic heterocycles. The summed E-state index contributed by atoms with van der Waals surface area (Å²) >= 11 is 0. The average molecular weight is 251 g/mol. The van der Waals surface area contributed by atoms with Gasteiger partial charge in [0.1, 0.15) is 6.54 Å². The quantitative estimate of drug-likeness (QED) is 0.770. The molecule has 0 aliphatic heterocycles. The highest BCUT2D eigenvalue weighted by Gasteiger charge is 2.08. The molecule has 0 saturated carbocycles. The summed E-state index contributed by atoms with van der Waals surface area (Å²) in [6.45, 7) is 2.34. The first kappa shape index (κ1) is 14.2. The summed E-state index contributed by atoms with van der Waals surface area (Å²) in [5.41, 5.74) is 1.40. The summed E-state index contributed by atoms with van der Waals surface area (Å²) in [4.78, 5) is 22.8. The van der Waals surface area contributed by atoms with Crippen molar-refractivity contribution in [1.29, 1.82) is 0 Å². The number of hydrogen-bond acceptors (Lipinski definition) is 4. The second-order valence-corrected chi connectivity index (χ2v) is 3.62. The lowest BCUT2D eigenvalue weighted by atomic mass is 10.1. The Kier molecular flexibility index (Phi) is 5.87. The lowest BCUT2D eigenvalue weighted by molar-refractivity contribution is -0.141. The molecule has 98 valence electrons. The van der Waals surface area contributed by atoms with E-state index >= 15 is 0 Å². The molecule has 0 radical (unpaired) electrons. The molecule has 1 rings (SSSR count). The van der Waals surface area contributed by atoms with Crippen molar-refractivity contribution in [2.75, 3.05) is 20.3 Å². The maximum absolute atomic E-state index is 11.8. The minimum absolute atomic E-state index is 0.124. The Balaban J connectivity index is 2.55. The fourth-order valence-corrected chi connectivity index (χ4v) is 1.44. The third kappa shape index (κ3) is 4.55. The van der Waals surface area contributed by atoms with Crippen molar-refractivity contribution in [2.45, 2.75) is 13.5 Å². The summed E-state index contributed by atoms with van der Waals surface area (Å²) < 4.78 is 9.70. The van der Waals surface area contributed by atoms with Gasteiger partial charge in [-0.3, -0.25) is 9.59 Å². The van der Waals surface area contributed by atoms with E-state index in [4.69, 9.17) is 9.47 Å². The molecule has 0 heterocycles. The molecule has 18 heavy (non-hydrogen) atoms. The standard InChI is InChI=1S/C13H17NO4/c1-3-18-12(15)8-14-13(16)11-6-4-5-10(7-11)9-17-2/h4-7H,3,8-9H2,1-2H3,(H,14,16). The van der Waals surface area contributed by atoms with E-state index < -0.39 is 5.97 Å². The van der Waals surface area contributed by atoms with Crippen LogP contribution in [0.4, 0.5) is 0 Å². The van der Waals surface area contributed by atoms with Crippen molar-refractivity contribution in [3.05, 3.63) is 35.4 Å². The third-order valence-corrected chi connectivity index (χ3v) is 2.20. The van der Waals surface area contributed by atoms with Crippen molar-refractivity contribution >= 4 is 11.9 Å². The van der Waals surface area contributed by atoms with Crippen molar-refractivity contribution in [1.82, 2.24) is 5.32 Å². The SMILES string of the molecule is CCOC(=O)CNC(=O)c1cccc(COC)c1. The Bertz CT molecular complexity index is 417. The molecule has 5 heteroatoms. The molecule has 0 fully saturated rings. The highest BCUT2D eigenvalue weighted by atomic mass is 16.5. The number of amides is 1. The second-order valence-electron chi connectivity index (χ2n) is 3.62. The first-order valence-electron chi connectivity index (χ1n) is 5.69. The number of ether oxygens (including phenoxy) is 2. The summed E-state index contributed by atoms with van der Waals surface area (Å²) in [6.07, 6.45) is 0. The molecule has 0 aliphatic rings. The molecule has 1 aromatic carbocycles. The van der Waals surface area contributed by atoms with E-state index in [1.807, 2.05) is 6.07 Å². The topological polar surface area (TPSA) is 64.6 Å². The maximum Gasteiger partial charge on any atom is 0.325 e. The zero-order valence-electron chi connectivity index (χ0n) is 10.6. The van der Waals surface area contributed by atoms with Crippen LogP contribution in [0, 0.1) is 0 Å². The normalized spacial score (nSPS) is 9.89. The molecule has 5 nitrogen and oxygen atoms in total. The van der Waals surface area contributed by atoms with Gasteiger partial charge >= 0.3 is 5.97 Å². The van der Waals surface area contributed by atoms with Gasteiger partial charge in [-0.15, -0.1) is 0 Å². The summed E-state index contributed by atoms with van der Waals surface area (Å²) in [5.74, 6) is -0.750. The number of hydrogen-bond donors (Lipinski definition) is 1. The Morgan fingerprint density at radius 2 is 2.11 bits per heavy atom. The van der Waals surface area contributed by atoms with E-state index in [9.17, 15) is 9.59 Å². The molecule has 1 aromatic rings. The Morgan fingerprint density at radius 3 is 2.78 bits per heavy atom. The third-order valence-electron chi connectivity index (χ3n) is 2.20. The summed E-state index contributed by atoms with van der Waals surface area (Å²) in [6, 6.07) is 7.04. The molecule has 0 bridgehead atoms. The predicted octanol–water partition coefficient (Wildman–Crippen LogP) is 1.13. The van der Waals surface area contributed by atoms with E-state index in [0.717, 1.165) is 5.56 Å². The van der Waals surface area contributed by atoms with Crippen LogP contribution in [0.25, 0.3) is 0 Å². The van der Waals surface area contributed by atoms with Crippen LogP contribution >= 0.6 is 0 Å².